The summed E-state index contributed by atoms with van der Waals surface area (Å²) >= 11 is 1.11. The first-order valence-corrected chi connectivity index (χ1v) is 7.07. The normalized spacial score (nSPS) is 18.5. The molecule has 7 heteroatoms. The predicted octanol–water partition coefficient (Wildman–Crippen LogP) is 0.908. The molecule has 0 aliphatic carbocycles. The first kappa shape index (κ1) is 14.0. The second-order valence-electron chi connectivity index (χ2n) is 4.60. The molecule has 1 amide bonds. The van der Waals surface area contributed by atoms with Crippen LogP contribution in [-0.4, -0.2) is 34.6 Å². The highest BCUT2D eigenvalue weighted by Gasteiger charge is 2.18. The summed E-state index contributed by atoms with van der Waals surface area (Å²) in [5.41, 5.74) is 0.499. The number of amides is 1. The van der Waals surface area contributed by atoms with E-state index in [9.17, 15) is 9.59 Å². The number of aryl methyl sites for hydroxylation is 1. The first-order valence-electron chi connectivity index (χ1n) is 6.26. The van der Waals surface area contributed by atoms with Crippen molar-refractivity contribution in [3.05, 3.63) is 15.6 Å². The lowest BCUT2D eigenvalue weighted by Gasteiger charge is -2.09. The molecule has 0 radical (unpaired) electrons. The zero-order chi connectivity index (χ0) is 13.8. The van der Waals surface area contributed by atoms with Gasteiger partial charge in [0.05, 0.1) is 12.2 Å². The van der Waals surface area contributed by atoms with Crippen molar-refractivity contribution in [1.29, 1.82) is 0 Å². The summed E-state index contributed by atoms with van der Waals surface area (Å²) < 4.78 is 0. The van der Waals surface area contributed by atoms with E-state index in [0.29, 0.717) is 23.7 Å². The second kappa shape index (κ2) is 6.12. The number of carbonyl (C=O) groups is 2. The third kappa shape index (κ3) is 3.74. The maximum atomic E-state index is 11.7. The van der Waals surface area contributed by atoms with Gasteiger partial charge in [-0.05, 0) is 26.3 Å². The number of thiazole rings is 1. The smallest absolute Gasteiger partial charge is 0.347 e. The number of rotatable bonds is 5. The van der Waals surface area contributed by atoms with Crippen molar-refractivity contribution in [2.75, 3.05) is 6.54 Å². The lowest BCUT2D eigenvalue weighted by atomic mass is 10.1. The van der Waals surface area contributed by atoms with Gasteiger partial charge in [-0.2, -0.15) is 0 Å². The molecule has 0 spiro atoms. The molecule has 19 heavy (non-hydrogen) atoms. The summed E-state index contributed by atoms with van der Waals surface area (Å²) in [7, 11) is 0. The Kier molecular flexibility index (Phi) is 4.49. The zero-order valence-corrected chi connectivity index (χ0v) is 11.5. The fourth-order valence-corrected chi connectivity index (χ4v) is 2.97. The molecule has 6 nitrogen and oxygen atoms in total. The van der Waals surface area contributed by atoms with Gasteiger partial charge in [-0.3, -0.25) is 4.79 Å². The van der Waals surface area contributed by atoms with E-state index in [0.717, 1.165) is 30.7 Å². The van der Waals surface area contributed by atoms with Gasteiger partial charge in [0.25, 0.3) is 0 Å². The van der Waals surface area contributed by atoms with E-state index < -0.39 is 5.97 Å². The summed E-state index contributed by atoms with van der Waals surface area (Å²) in [6.45, 7) is 2.93. The van der Waals surface area contributed by atoms with Gasteiger partial charge >= 0.3 is 5.97 Å². The van der Waals surface area contributed by atoms with E-state index in [1.807, 2.05) is 0 Å². The number of nitrogens with one attached hydrogen (secondary N) is 2. The van der Waals surface area contributed by atoms with Crippen molar-refractivity contribution in [2.24, 2.45) is 0 Å². The Balaban J connectivity index is 1.82. The maximum absolute atomic E-state index is 11.7. The molecule has 1 unspecified atom stereocenters. The van der Waals surface area contributed by atoms with Crippen LogP contribution in [0.3, 0.4) is 0 Å². The van der Waals surface area contributed by atoms with Crippen LogP contribution < -0.4 is 10.6 Å². The number of hydrogen-bond donors (Lipinski definition) is 3. The maximum Gasteiger partial charge on any atom is 0.347 e. The largest absolute Gasteiger partial charge is 0.477 e. The molecule has 1 fully saturated rings. The zero-order valence-electron chi connectivity index (χ0n) is 10.7. The van der Waals surface area contributed by atoms with E-state index in [-0.39, 0.29) is 16.8 Å². The van der Waals surface area contributed by atoms with Crippen LogP contribution in [-0.2, 0) is 11.3 Å². The number of carbonyl (C=O) groups excluding carboxylic acids is 1. The SMILES string of the molecule is Cc1nc(CNC(=O)CC2CCCN2)sc1C(=O)O. The third-order valence-electron chi connectivity index (χ3n) is 3.07. The van der Waals surface area contributed by atoms with Crippen LogP contribution in [0.1, 0.15) is 39.6 Å². The van der Waals surface area contributed by atoms with Crippen molar-refractivity contribution in [3.63, 3.8) is 0 Å². The minimum atomic E-state index is -0.970. The molecule has 1 aromatic heterocycles. The van der Waals surface area contributed by atoms with Crippen LogP contribution in [0.2, 0.25) is 0 Å². The Morgan fingerprint density at radius 3 is 2.95 bits per heavy atom. The molecule has 1 aliphatic heterocycles. The molecule has 2 rings (SSSR count). The summed E-state index contributed by atoms with van der Waals surface area (Å²) in [5.74, 6) is -0.994. The van der Waals surface area contributed by atoms with Gasteiger partial charge in [-0.25, -0.2) is 9.78 Å². The van der Waals surface area contributed by atoms with Crippen molar-refractivity contribution >= 4 is 23.2 Å². The highest BCUT2D eigenvalue weighted by molar-refractivity contribution is 7.13. The number of aromatic nitrogens is 1. The summed E-state index contributed by atoms with van der Waals surface area (Å²) in [4.78, 5) is 27.0. The molecule has 0 saturated carbocycles. The Labute approximate surface area is 115 Å². The van der Waals surface area contributed by atoms with Crippen LogP contribution in [0.5, 0.6) is 0 Å². The van der Waals surface area contributed by atoms with E-state index in [4.69, 9.17) is 5.11 Å². The molecule has 1 saturated heterocycles. The van der Waals surface area contributed by atoms with Gasteiger partial charge in [0.15, 0.2) is 0 Å². The standard InChI is InChI=1S/C12H17N3O3S/c1-7-11(12(17)18)19-10(15-7)6-14-9(16)5-8-3-2-4-13-8/h8,13H,2-6H2,1H3,(H,14,16)(H,17,18). The molecular formula is C12H17N3O3S. The van der Waals surface area contributed by atoms with Gasteiger partial charge in [0, 0.05) is 12.5 Å². The third-order valence-corrected chi connectivity index (χ3v) is 4.21. The van der Waals surface area contributed by atoms with Crippen molar-refractivity contribution < 1.29 is 14.7 Å². The quantitative estimate of drug-likeness (QED) is 0.747. The molecule has 0 aromatic carbocycles. The monoisotopic (exact) mass is 283 g/mol. The molecule has 3 N–H and O–H groups in total. The van der Waals surface area contributed by atoms with E-state index >= 15 is 0 Å². The Morgan fingerprint density at radius 1 is 1.58 bits per heavy atom. The lowest BCUT2D eigenvalue weighted by Crippen LogP contribution is -2.31. The van der Waals surface area contributed by atoms with Crippen LogP contribution in [0.15, 0.2) is 0 Å². The Bertz CT molecular complexity index is 481. The van der Waals surface area contributed by atoms with Gasteiger partial charge in [0.1, 0.15) is 9.88 Å². The number of hydrogen-bond acceptors (Lipinski definition) is 5. The highest BCUT2D eigenvalue weighted by Crippen LogP contribution is 2.17. The van der Waals surface area contributed by atoms with Gasteiger partial charge < -0.3 is 15.7 Å². The van der Waals surface area contributed by atoms with Gasteiger partial charge in [-0.1, -0.05) is 0 Å². The minimum absolute atomic E-state index is 0.0240. The fraction of sp³-hybridized carbons (Fsp3) is 0.583. The van der Waals surface area contributed by atoms with Crippen LogP contribution >= 0.6 is 11.3 Å². The van der Waals surface area contributed by atoms with E-state index in [2.05, 4.69) is 15.6 Å². The van der Waals surface area contributed by atoms with Gasteiger partial charge in [0.2, 0.25) is 5.91 Å². The molecule has 104 valence electrons. The number of aromatic carboxylic acids is 1. The average Bonchev–Trinajstić information content (AvgIpc) is 2.96. The summed E-state index contributed by atoms with van der Waals surface area (Å²) in [6.07, 6.45) is 2.62. The Hall–Kier alpha value is -1.47. The van der Waals surface area contributed by atoms with Gasteiger partial charge in [-0.15, -0.1) is 11.3 Å². The predicted molar refractivity (Wildman–Crippen MR) is 71.3 cm³/mol. The number of carboxylic acids is 1. The van der Waals surface area contributed by atoms with Crippen molar-refractivity contribution in [2.45, 2.75) is 38.8 Å². The Morgan fingerprint density at radius 2 is 2.37 bits per heavy atom. The van der Waals surface area contributed by atoms with Crippen molar-refractivity contribution in [3.8, 4) is 0 Å². The van der Waals surface area contributed by atoms with Crippen LogP contribution in [0, 0.1) is 6.92 Å². The van der Waals surface area contributed by atoms with Crippen molar-refractivity contribution in [1.82, 2.24) is 15.6 Å². The first-order chi connectivity index (χ1) is 9.06. The number of nitrogens with zero attached hydrogens (tertiary/aromatic N) is 1. The molecule has 1 aromatic rings. The van der Waals surface area contributed by atoms with Crippen LogP contribution in [0.25, 0.3) is 0 Å². The van der Waals surface area contributed by atoms with E-state index in [1.54, 1.807) is 6.92 Å². The number of carboxylic acid groups (broad SMARTS) is 1. The average molecular weight is 283 g/mol. The highest BCUT2D eigenvalue weighted by atomic mass is 32.1. The topological polar surface area (TPSA) is 91.3 Å². The van der Waals surface area contributed by atoms with E-state index in [1.165, 1.54) is 0 Å². The molecule has 0 bridgehead atoms. The summed E-state index contributed by atoms with van der Waals surface area (Å²) in [5, 5.41) is 15.6. The molecule has 1 aliphatic rings. The molecule has 2 heterocycles. The summed E-state index contributed by atoms with van der Waals surface area (Å²) in [6, 6.07) is 0.271. The minimum Gasteiger partial charge on any atom is -0.477 e. The second-order valence-corrected chi connectivity index (χ2v) is 5.69. The van der Waals surface area contributed by atoms with Crippen LogP contribution in [0.4, 0.5) is 0 Å². The molecular weight excluding hydrogens is 266 g/mol. The fourth-order valence-electron chi connectivity index (χ4n) is 2.13. The lowest BCUT2D eigenvalue weighted by molar-refractivity contribution is -0.121. The molecule has 1 atom stereocenters.